The van der Waals surface area contributed by atoms with Crippen LogP contribution >= 0.6 is 11.8 Å². The SMILES string of the molecule is Cc1cc(NC(=O)CSC2=Nc3ccccc3C3=N[C@@H](CC(=O)NCc4ccco4)C(=O)N23)n[nH]1. The van der Waals surface area contributed by atoms with E-state index >= 15 is 0 Å². The topological polar surface area (TPSA) is 145 Å². The summed E-state index contributed by atoms with van der Waals surface area (Å²) in [5.74, 6) is 0.497. The number of H-pyrrole nitrogens is 1. The monoisotopic (exact) mass is 491 g/mol. The van der Waals surface area contributed by atoms with Crippen molar-refractivity contribution in [3.05, 3.63) is 65.7 Å². The average molecular weight is 492 g/mol. The molecule has 0 saturated heterocycles. The molecular formula is C23H21N7O4S. The summed E-state index contributed by atoms with van der Waals surface area (Å²) in [6.07, 6.45) is 1.41. The summed E-state index contributed by atoms with van der Waals surface area (Å²) in [4.78, 5) is 48.7. The van der Waals surface area contributed by atoms with Crippen LogP contribution in [0.15, 0.2) is 63.1 Å². The van der Waals surface area contributed by atoms with E-state index in [9.17, 15) is 14.4 Å². The number of hydrogen-bond donors (Lipinski definition) is 3. The smallest absolute Gasteiger partial charge is 0.259 e. The van der Waals surface area contributed by atoms with Crippen molar-refractivity contribution >= 4 is 52.0 Å². The first kappa shape index (κ1) is 22.6. The average Bonchev–Trinajstić information content (AvgIpc) is 3.58. The van der Waals surface area contributed by atoms with Crippen LogP contribution in [0.1, 0.15) is 23.4 Å². The van der Waals surface area contributed by atoms with Gasteiger partial charge in [0.25, 0.3) is 5.91 Å². The van der Waals surface area contributed by atoms with Gasteiger partial charge in [-0.3, -0.25) is 24.5 Å². The molecule has 2 aliphatic heterocycles. The number of aromatic amines is 1. The zero-order chi connectivity index (χ0) is 24.4. The number of rotatable bonds is 7. The number of nitrogens with one attached hydrogen (secondary N) is 3. The highest BCUT2D eigenvalue weighted by molar-refractivity contribution is 8.14. The molecule has 3 amide bonds. The Morgan fingerprint density at radius 1 is 1.20 bits per heavy atom. The molecule has 1 aromatic carbocycles. The van der Waals surface area contributed by atoms with Gasteiger partial charge in [0.15, 0.2) is 11.0 Å². The second kappa shape index (κ2) is 9.58. The standard InChI is InChI=1S/C23H21N7O4S/c1-13-9-18(29-28-13)27-20(32)12-35-23-26-16-7-3-2-6-15(16)21-25-17(22(33)30(21)23)10-19(31)24-11-14-5-4-8-34-14/h2-9,17H,10-12H2,1H3,(H,24,31)(H2,27,28,29,32)/t17-/m0/s1. The number of amidine groups is 2. The van der Waals surface area contributed by atoms with Crippen molar-refractivity contribution < 1.29 is 18.8 Å². The fourth-order valence-corrected chi connectivity index (χ4v) is 4.47. The number of amides is 3. The lowest BCUT2D eigenvalue weighted by Crippen LogP contribution is -2.42. The lowest BCUT2D eigenvalue weighted by Gasteiger charge is -2.25. The Hall–Kier alpha value is -4.19. The van der Waals surface area contributed by atoms with E-state index in [2.05, 4.69) is 30.8 Å². The number of carbonyl (C=O) groups excluding carboxylic acids is 3. The number of para-hydroxylation sites is 1. The molecule has 2 aromatic heterocycles. The number of anilines is 1. The number of furan rings is 1. The fraction of sp³-hybridized carbons (Fsp3) is 0.217. The summed E-state index contributed by atoms with van der Waals surface area (Å²) in [5, 5.41) is 12.5. The highest BCUT2D eigenvalue weighted by Crippen LogP contribution is 2.34. The number of aliphatic imine (C=N–C) groups is 2. The number of carbonyl (C=O) groups is 3. The number of aryl methyl sites for hydroxylation is 1. The maximum Gasteiger partial charge on any atom is 0.259 e. The van der Waals surface area contributed by atoms with E-state index in [1.807, 2.05) is 31.2 Å². The largest absolute Gasteiger partial charge is 0.467 e. The van der Waals surface area contributed by atoms with Crippen LogP contribution in [0, 0.1) is 6.92 Å². The zero-order valence-corrected chi connectivity index (χ0v) is 19.5. The third-order valence-electron chi connectivity index (χ3n) is 5.27. The van der Waals surface area contributed by atoms with Crippen molar-refractivity contribution in [2.45, 2.75) is 25.9 Å². The highest BCUT2D eigenvalue weighted by Gasteiger charge is 2.42. The molecule has 1 atom stereocenters. The fourth-order valence-electron chi connectivity index (χ4n) is 3.67. The van der Waals surface area contributed by atoms with E-state index in [-0.39, 0.29) is 36.4 Å². The normalized spacial score (nSPS) is 16.3. The van der Waals surface area contributed by atoms with Gasteiger partial charge in [-0.1, -0.05) is 23.9 Å². The summed E-state index contributed by atoms with van der Waals surface area (Å²) in [6.45, 7) is 2.06. The third-order valence-corrected chi connectivity index (χ3v) is 6.21. The van der Waals surface area contributed by atoms with E-state index in [1.54, 1.807) is 18.2 Å². The molecule has 12 heteroatoms. The number of benzene rings is 1. The van der Waals surface area contributed by atoms with Gasteiger partial charge >= 0.3 is 0 Å². The molecule has 0 aliphatic carbocycles. The summed E-state index contributed by atoms with van der Waals surface area (Å²) in [6, 6.07) is 11.6. The molecule has 5 rings (SSSR count). The minimum Gasteiger partial charge on any atom is -0.467 e. The lowest BCUT2D eigenvalue weighted by molar-refractivity contribution is -0.128. The molecule has 3 N–H and O–H groups in total. The molecule has 0 radical (unpaired) electrons. The minimum atomic E-state index is -0.889. The number of thioether (sulfide) groups is 1. The first-order valence-corrected chi connectivity index (χ1v) is 11.8. The molecule has 0 spiro atoms. The highest BCUT2D eigenvalue weighted by atomic mass is 32.2. The lowest BCUT2D eigenvalue weighted by atomic mass is 10.1. The van der Waals surface area contributed by atoms with Gasteiger partial charge < -0.3 is 15.1 Å². The number of fused-ring (bicyclic) bond motifs is 3. The van der Waals surface area contributed by atoms with Gasteiger partial charge in [0.05, 0.1) is 30.7 Å². The molecule has 4 heterocycles. The quantitative estimate of drug-likeness (QED) is 0.463. The van der Waals surface area contributed by atoms with E-state index in [0.29, 0.717) is 33.8 Å². The summed E-state index contributed by atoms with van der Waals surface area (Å²) in [5.41, 5.74) is 2.16. The van der Waals surface area contributed by atoms with Gasteiger partial charge in [-0.25, -0.2) is 9.89 Å². The Balaban J connectivity index is 1.29. The maximum absolute atomic E-state index is 13.3. The number of nitrogens with zero attached hydrogens (tertiary/aromatic N) is 4. The van der Waals surface area contributed by atoms with E-state index in [4.69, 9.17) is 4.42 Å². The first-order valence-electron chi connectivity index (χ1n) is 10.8. The second-order valence-electron chi connectivity index (χ2n) is 7.89. The van der Waals surface area contributed by atoms with Gasteiger partial charge in [-0.2, -0.15) is 5.10 Å². The Bertz CT molecular complexity index is 1350. The molecule has 0 fully saturated rings. The van der Waals surface area contributed by atoms with Crippen molar-refractivity contribution in [2.75, 3.05) is 11.1 Å². The van der Waals surface area contributed by atoms with Gasteiger partial charge in [-0.15, -0.1) is 0 Å². The number of aromatic nitrogens is 2. The van der Waals surface area contributed by atoms with E-state index < -0.39 is 6.04 Å². The van der Waals surface area contributed by atoms with Gasteiger partial charge in [-0.05, 0) is 31.2 Å². The van der Waals surface area contributed by atoms with Crippen LogP contribution in [0.5, 0.6) is 0 Å². The van der Waals surface area contributed by atoms with E-state index in [1.165, 1.54) is 11.2 Å². The third kappa shape index (κ3) is 4.87. The minimum absolute atomic E-state index is 0.0122. The maximum atomic E-state index is 13.3. The molecule has 11 nitrogen and oxygen atoms in total. The zero-order valence-electron chi connectivity index (χ0n) is 18.6. The van der Waals surface area contributed by atoms with Crippen LogP contribution in [0.3, 0.4) is 0 Å². The molecule has 178 valence electrons. The van der Waals surface area contributed by atoms with Crippen LogP contribution < -0.4 is 10.6 Å². The van der Waals surface area contributed by atoms with Gasteiger partial charge in [0.1, 0.15) is 17.6 Å². The van der Waals surface area contributed by atoms with Crippen LogP contribution in [0.4, 0.5) is 11.5 Å². The van der Waals surface area contributed by atoms with Crippen LogP contribution in [0.25, 0.3) is 0 Å². The Kier molecular flexibility index (Phi) is 6.19. The predicted octanol–water partition coefficient (Wildman–Crippen LogP) is 2.35. The summed E-state index contributed by atoms with van der Waals surface area (Å²) < 4.78 is 5.22. The second-order valence-corrected chi connectivity index (χ2v) is 8.83. The Labute approximate surface area is 204 Å². The molecule has 0 unspecified atom stereocenters. The predicted molar refractivity (Wildman–Crippen MR) is 130 cm³/mol. The number of hydrogen-bond acceptors (Lipinski definition) is 8. The Morgan fingerprint density at radius 3 is 2.83 bits per heavy atom. The molecule has 0 saturated carbocycles. The molecule has 0 bridgehead atoms. The molecular weight excluding hydrogens is 470 g/mol. The summed E-state index contributed by atoms with van der Waals surface area (Å²) >= 11 is 1.12. The summed E-state index contributed by atoms with van der Waals surface area (Å²) in [7, 11) is 0. The van der Waals surface area contributed by atoms with Crippen molar-refractivity contribution in [3.8, 4) is 0 Å². The molecule has 3 aromatic rings. The van der Waals surface area contributed by atoms with Crippen LogP contribution in [0.2, 0.25) is 0 Å². The molecule has 2 aliphatic rings. The van der Waals surface area contributed by atoms with Crippen molar-refractivity contribution in [1.82, 2.24) is 20.4 Å². The van der Waals surface area contributed by atoms with Gasteiger partial charge in [0.2, 0.25) is 11.8 Å². The van der Waals surface area contributed by atoms with Crippen molar-refractivity contribution in [2.24, 2.45) is 9.98 Å². The van der Waals surface area contributed by atoms with Crippen molar-refractivity contribution in [3.63, 3.8) is 0 Å². The van der Waals surface area contributed by atoms with Crippen molar-refractivity contribution in [1.29, 1.82) is 0 Å². The first-order chi connectivity index (χ1) is 17.0. The van der Waals surface area contributed by atoms with Crippen LogP contribution in [-0.2, 0) is 20.9 Å². The van der Waals surface area contributed by atoms with Crippen LogP contribution in [-0.4, -0.2) is 55.6 Å². The molecule has 35 heavy (non-hydrogen) atoms. The van der Waals surface area contributed by atoms with E-state index in [0.717, 1.165) is 17.5 Å². The van der Waals surface area contributed by atoms with Gasteiger partial charge in [0, 0.05) is 17.3 Å². The Morgan fingerprint density at radius 2 is 2.06 bits per heavy atom.